The van der Waals surface area contributed by atoms with Gasteiger partial charge < -0.3 is 10.2 Å². The molecule has 0 saturated heterocycles. The van der Waals surface area contributed by atoms with Crippen LogP contribution in [0.4, 0.5) is 0 Å². The summed E-state index contributed by atoms with van der Waals surface area (Å²) in [6, 6.07) is 18.9. The molecule has 4 rings (SSSR count). The summed E-state index contributed by atoms with van der Waals surface area (Å²) in [6.45, 7) is 3.93. The lowest BCUT2D eigenvalue weighted by Crippen LogP contribution is -2.26. The van der Waals surface area contributed by atoms with Crippen molar-refractivity contribution in [2.45, 2.75) is 13.8 Å². The number of hydrogen-bond donors (Lipinski definition) is 1. The number of H-pyrrole nitrogens is 1. The second kappa shape index (κ2) is 6.54. The Balaban J connectivity index is 0.000000141. The monoisotopic (exact) mass is 318 g/mol. The number of para-hydroxylation sites is 2. The zero-order valence-corrected chi connectivity index (χ0v) is 13.6. The minimum absolute atomic E-state index is 0.0446. The van der Waals surface area contributed by atoms with Gasteiger partial charge in [-0.05, 0) is 43.0 Å². The molecule has 0 aliphatic heterocycles. The minimum Gasteiger partial charge on any atom is -0.618 e. The molecule has 0 aliphatic carbocycles. The fraction of sp³-hybridized carbons (Fsp3) is 0.100. The maximum atomic E-state index is 11.3. The second-order valence-electron chi connectivity index (χ2n) is 5.71. The molecule has 0 bridgehead atoms. The molecule has 0 amide bonds. The van der Waals surface area contributed by atoms with Crippen molar-refractivity contribution in [3.05, 3.63) is 93.5 Å². The number of rotatable bonds is 0. The first-order chi connectivity index (χ1) is 11.6. The highest BCUT2D eigenvalue weighted by atomic mass is 16.5. The maximum absolute atomic E-state index is 11.3. The normalized spacial score (nSPS) is 10.4. The Morgan fingerprint density at radius 1 is 0.833 bits per heavy atom. The van der Waals surface area contributed by atoms with Crippen LogP contribution in [0, 0.1) is 19.1 Å². The number of aromatic amines is 1. The molecule has 0 atom stereocenters. The van der Waals surface area contributed by atoms with Crippen LogP contribution in [0.5, 0.6) is 0 Å². The van der Waals surface area contributed by atoms with Crippen molar-refractivity contribution in [2.75, 3.05) is 0 Å². The Bertz CT molecular complexity index is 1030. The average molecular weight is 318 g/mol. The van der Waals surface area contributed by atoms with E-state index in [0.29, 0.717) is 0 Å². The van der Waals surface area contributed by atoms with E-state index < -0.39 is 0 Å². The first-order valence-corrected chi connectivity index (χ1v) is 7.72. The van der Waals surface area contributed by atoms with Crippen molar-refractivity contribution < 1.29 is 4.73 Å². The van der Waals surface area contributed by atoms with Crippen LogP contribution in [0.25, 0.3) is 21.8 Å². The number of aromatic nitrogens is 2. The van der Waals surface area contributed by atoms with Crippen LogP contribution < -0.4 is 10.3 Å². The topological polar surface area (TPSA) is 59.8 Å². The lowest BCUT2D eigenvalue weighted by molar-refractivity contribution is -0.577. The first kappa shape index (κ1) is 15.7. The summed E-state index contributed by atoms with van der Waals surface area (Å²) < 4.78 is 0.907. The second-order valence-corrected chi connectivity index (χ2v) is 5.71. The third-order valence-corrected chi connectivity index (χ3v) is 3.95. The van der Waals surface area contributed by atoms with E-state index in [1.165, 1.54) is 6.20 Å². The van der Waals surface area contributed by atoms with Crippen molar-refractivity contribution in [3.63, 3.8) is 0 Å². The van der Waals surface area contributed by atoms with E-state index >= 15 is 0 Å². The predicted octanol–water partition coefficient (Wildman–Crippen LogP) is 3.62. The van der Waals surface area contributed by atoms with E-state index in [0.717, 1.165) is 37.7 Å². The summed E-state index contributed by atoms with van der Waals surface area (Å²) in [5, 5.41) is 13.4. The third-order valence-electron chi connectivity index (χ3n) is 3.95. The van der Waals surface area contributed by atoms with Gasteiger partial charge in [0, 0.05) is 23.1 Å². The van der Waals surface area contributed by atoms with Gasteiger partial charge in [0.1, 0.15) is 0 Å². The maximum Gasteiger partial charge on any atom is 0.248 e. The lowest BCUT2D eigenvalue weighted by atomic mass is 10.1. The van der Waals surface area contributed by atoms with Gasteiger partial charge in [0.05, 0.1) is 5.52 Å². The standard InChI is InChI=1S/2C10H9NO/c1-8-4-2-5-9-6-3-7-11(12)10(8)9;1-7-3-2-4-8-5-6-9(12)11-10(7)8/h2-7H,1H3;2-6H,1H3,(H,11,12). The highest BCUT2D eigenvalue weighted by Crippen LogP contribution is 2.13. The molecule has 0 radical (unpaired) electrons. The molecule has 0 spiro atoms. The van der Waals surface area contributed by atoms with Crippen LogP contribution in [0.1, 0.15) is 11.1 Å². The number of nitrogens with one attached hydrogen (secondary N) is 1. The van der Waals surface area contributed by atoms with E-state index in [1.807, 2.05) is 62.4 Å². The van der Waals surface area contributed by atoms with Crippen LogP contribution in [0.15, 0.2) is 71.7 Å². The molecular formula is C20H18N2O2. The Labute approximate surface area is 139 Å². The van der Waals surface area contributed by atoms with Crippen molar-refractivity contribution >= 4 is 21.8 Å². The summed E-state index contributed by atoms with van der Waals surface area (Å²) in [4.78, 5) is 13.8. The van der Waals surface area contributed by atoms with Crippen LogP contribution >= 0.6 is 0 Å². The van der Waals surface area contributed by atoms with Crippen LogP contribution in [0.3, 0.4) is 0 Å². The zero-order valence-electron chi connectivity index (χ0n) is 13.6. The van der Waals surface area contributed by atoms with E-state index in [1.54, 1.807) is 12.1 Å². The Hall–Kier alpha value is -3.14. The van der Waals surface area contributed by atoms with E-state index in [2.05, 4.69) is 4.98 Å². The van der Waals surface area contributed by atoms with Gasteiger partial charge >= 0.3 is 0 Å². The molecule has 0 fully saturated rings. The van der Waals surface area contributed by atoms with E-state index in [-0.39, 0.29) is 5.56 Å². The predicted molar refractivity (Wildman–Crippen MR) is 97.0 cm³/mol. The first-order valence-electron chi connectivity index (χ1n) is 7.72. The van der Waals surface area contributed by atoms with Crippen LogP contribution in [-0.4, -0.2) is 4.98 Å². The molecule has 120 valence electrons. The molecule has 2 aromatic heterocycles. The van der Waals surface area contributed by atoms with Gasteiger partial charge in [0.15, 0.2) is 6.20 Å². The summed E-state index contributed by atoms with van der Waals surface area (Å²) >= 11 is 0. The molecule has 0 unspecified atom stereocenters. The summed E-state index contributed by atoms with van der Waals surface area (Å²) in [5.41, 5.74) is 3.77. The van der Waals surface area contributed by atoms with Crippen molar-refractivity contribution in [3.8, 4) is 0 Å². The van der Waals surface area contributed by atoms with Crippen LogP contribution in [0.2, 0.25) is 0 Å². The van der Waals surface area contributed by atoms with Gasteiger partial charge in [-0.3, -0.25) is 4.79 Å². The highest BCUT2D eigenvalue weighted by molar-refractivity contribution is 5.81. The molecule has 1 N–H and O–H groups in total. The number of aryl methyl sites for hydroxylation is 2. The minimum atomic E-state index is -0.0446. The Morgan fingerprint density at radius 2 is 1.50 bits per heavy atom. The number of nitrogens with zero attached hydrogens (tertiary/aromatic N) is 1. The van der Waals surface area contributed by atoms with Gasteiger partial charge in [-0.1, -0.05) is 30.3 Å². The molecule has 24 heavy (non-hydrogen) atoms. The lowest BCUT2D eigenvalue weighted by Gasteiger charge is -2.02. The SMILES string of the molecule is Cc1cccc2ccc(=O)[nH]c12.Cc1cccc2ccc[n+]([O-])c12. The highest BCUT2D eigenvalue weighted by Gasteiger charge is 2.03. The zero-order chi connectivity index (χ0) is 17.1. The molecule has 4 aromatic rings. The summed E-state index contributed by atoms with van der Waals surface area (Å²) in [6.07, 6.45) is 1.52. The molecule has 4 heteroatoms. The van der Waals surface area contributed by atoms with E-state index in [9.17, 15) is 10.0 Å². The summed E-state index contributed by atoms with van der Waals surface area (Å²) in [7, 11) is 0. The fourth-order valence-electron chi connectivity index (χ4n) is 2.75. The van der Waals surface area contributed by atoms with Gasteiger partial charge in [-0.2, -0.15) is 4.73 Å². The van der Waals surface area contributed by atoms with Crippen molar-refractivity contribution in [1.29, 1.82) is 0 Å². The molecule has 0 saturated carbocycles. The molecule has 4 nitrogen and oxygen atoms in total. The van der Waals surface area contributed by atoms with Crippen molar-refractivity contribution in [2.24, 2.45) is 0 Å². The van der Waals surface area contributed by atoms with Crippen LogP contribution in [-0.2, 0) is 0 Å². The molecule has 0 aliphatic rings. The van der Waals surface area contributed by atoms with Gasteiger partial charge in [0.25, 0.3) is 0 Å². The number of benzene rings is 2. The third kappa shape index (κ3) is 3.13. The number of pyridine rings is 2. The molecule has 2 heterocycles. The fourth-order valence-corrected chi connectivity index (χ4v) is 2.75. The van der Waals surface area contributed by atoms with Gasteiger partial charge in [-0.25, -0.2) is 0 Å². The van der Waals surface area contributed by atoms with Crippen molar-refractivity contribution in [1.82, 2.24) is 4.98 Å². The quantitative estimate of drug-likeness (QED) is 0.398. The number of hydrogen-bond acceptors (Lipinski definition) is 2. The van der Waals surface area contributed by atoms with Gasteiger partial charge in [-0.15, -0.1) is 0 Å². The van der Waals surface area contributed by atoms with Gasteiger partial charge in [0.2, 0.25) is 11.1 Å². The Kier molecular flexibility index (Phi) is 4.29. The Morgan fingerprint density at radius 3 is 2.25 bits per heavy atom. The smallest absolute Gasteiger partial charge is 0.248 e. The summed E-state index contributed by atoms with van der Waals surface area (Å²) in [5.74, 6) is 0. The number of fused-ring (bicyclic) bond motifs is 2. The largest absolute Gasteiger partial charge is 0.618 e. The van der Waals surface area contributed by atoms with E-state index in [4.69, 9.17) is 0 Å². The average Bonchev–Trinajstić information content (AvgIpc) is 2.57. The molecular weight excluding hydrogens is 300 g/mol. The molecule has 2 aromatic carbocycles.